The number of rotatable bonds is 6. The highest BCUT2D eigenvalue weighted by Gasteiger charge is 2.45. The molecule has 1 fully saturated rings. The van der Waals surface area contributed by atoms with Crippen molar-refractivity contribution in [1.82, 2.24) is 9.55 Å². The zero-order chi connectivity index (χ0) is 19.6. The Hall–Kier alpha value is -1.70. The summed E-state index contributed by atoms with van der Waals surface area (Å²) in [5, 5.41) is 1.07. The first-order chi connectivity index (χ1) is 13.6. The number of aromatic nitrogens is 2. The fourth-order valence-electron chi connectivity index (χ4n) is 3.17. The van der Waals surface area contributed by atoms with E-state index in [-0.39, 0.29) is 6.10 Å². The van der Waals surface area contributed by atoms with Crippen molar-refractivity contribution in [2.45, 2.75) is 23.3 Å². The number of anilines is 1. The molecule has 4 rings (SSSR count). The molecule has 3 aromatic rings. The molecule has 2 unspecified atom stereocenters. The number of nitrogens with two attached hydrogens (primary N) is 1. The molecule has 146 valence electrons. The Labute approximate surface area is 177 Å². The molecule has 28 heavy (non-hydrogen) atoms. The van der Waals surface area contributed by atoms with E-state index in [1.807, 2.05) is 41.1 Å². The van der Waals surface area contributed by atoms with Crippen LogP contribution >= 0.6 is 35.0 Å². The minimum atomic E-state index is -1.00. The molecule has 2 atom stereocenters. The number of nitrogens with zero attached hydrogens (tertiary/aromatic N) is 2. The molecule has 1 aliphatic rings. The number of hydrogen-bond acceptors (Lipinski definition) is 5. The Kier molecular flexibility index (Phi) is 5.85. The Morgan fingerprint density at radius 1 is 1.25 bits per heavy atom. The van der Waals surface area contributed by atoms with Crippen LogP contribution in [-0.4, -0.2) is 28.0 Å². The third-order valence-electron chi connectivity index (χ3n) is 4.49. The quantitative estimate of drug-likeness (QED) is 0.443. The van der Waals surface area contributed by atoms with Gasteiger partial charge >= 0.3 is 0 Å². The van der Waals surface area contributed by atoms with Gasteiger partial charge in [-0.25, -0.2) is 4.98 Å². The number of para-hydroxylation sites is 1. The van der Waals surface area contributed by atoms with Crippen molar-refractivity contribution < 1.29 is 9.47 Å². The molecule has 0 bridgehead atoms. The molecule has 1 saturated heterocycles. The van der Waals surface area contributed by atoms with Crippen LogP contribution < -0.4 is 5.73 Å². The predicted octanol–water partition coefficient (Wildman–Crippen LogP) is 4.83. The summed E-state index contributed by atoms with van der Waals surface area (Å²) in [6.45, 7) is 0.885. The fourth-order valence-corrected chi connectivity index (χ4v) is 4.66. The maximum atomic E-state index is 6.49. The van der Waals surface area contributed by atoms with E-state index >= 15 is 0 Å². The lowest BCUT2D eigenvalue weighted by Gasteiger charge is -2.30. The number of imidazole rings is 1. The summed E-state index contributed by atoms with van der Waals surface area (Å²) in [7, 11) is 0. The SMILES string of the molecule is Nc1ccccc1SCC1COC(Cn2ccnc2)(c2ccc(Cl)cc2Cl)O1. The molecule has 0 amide bonds. The molecule has 0 spiro atoms. The molecule has 2 aromatic carbocycles. The van der Waals surface area contributed by atoms with E-state index in [1.54, 1.807) is 36.4 Å². The molecule has 0 saturated carbocycles. The van der Waals surface area contributed by atoms with Gasteiger partial charge in [-0.15, -0.1) is 11.8 Å². The van der Waals surface area contributed by atoms with Crippen LogP contribution in [0.5, 0.6) is 0 Å². The van der Waals surface area contributed by atoms with E-state index in [4.69, 9.17) is 38.4 Å². The highest BCUT2D eigenvalue weighted by atomic mass is 35.5. The van der Waals surface area contributed by atoms with Crippen LogP contribution in [0.1, 0.15) is 5.56 Å². The fraction of sp³-hybridized carbons (Fsp3) is 0.250. The summed E-state index contributed by atoms with van der Waals surface area (Å²) in [5.74, 6) is -0.291. The van der Waals surface area contributed by atoms with Gasteiger partial charge in [-0.3, -0.25) is 0 Å². The van der Waals surface area contributed by atoms with E-state index in [0.717, 1.165) is 16.1 Å². The largest absolute Gasteiger partial charge is 0.398 e. The van der Waals surface area contributed by atoms with Crippen LogP contribution in [0.4, 0.5) is 5.69 Å². The lowest BCUT2D eigenvalue weighted by molar-refractivity contribution is -0.184. The molecule has 2 heterocycles. The molecular formula is C20H19Cl2N3O2S. The lowest BCUT2D eigenvalue weighted by Crippen LogP contribution is -2.34. The van der Waals surface area contributed by atoms with Crippen molar-refractivity contribution in [3.05, 3.63) is 76.8 Å². The summed E-state index contributed by atoms with van der Waals surface area (Å²) in [6, 6.07) is 13.1. The zero-order valence-electron chi connectivity index (χ0n) is 14.9. The molecule has 0 radical (unpaired) electrons. The molecular weight excluding hydrogens is 417 g/mol. The Bertz CT molecular complexity index is 954. The van der Waals surface area contributed by atoms with Gasteiger partial charge in [-0.1, -0.05) is 41.4 Å². The van der Waals surface area contributed by atoms with Gasteiger partial charge in [0, 0.05) is 39.3 Å². The molecule has 5 nitrogen and oxygen atoms in total. The molecule has 8 heteroatoms. The van der Waals surface area contributed by atoms with E-state index < -0.39 is 5.79 Å². The topological polar surface area (TPSA) is 62.3 Å². The maximum absolute atomic E-state index is 6.49. The Morgan fingerprint density at radius 3 is 2.86 bits per heavy atom. The number of nitrogen functional groups attached to an aromatic ring is 1. The van der Waals surface area contributed by atoms with Crippen LogP contribution in [0.3, 0.4) is 0 Å². The predicted molar refractivity (Wildman–Crippen MR) is 113 cm³/mol. The average Bonchev–Trinajstić information content (AvgIpc) is 3.32. The van der Waals surface area contributed by atoms with Gasteiger partial charge in [0.15, 0.2) is 0 Å². The van der Waals surface area contributed by atoms with Crippen LogP contribution in [0.25, 0.3) is 0 Å². The highest BCUT2D eigenvalue weighted by molar-refractivity contribution is 7.99. The Balaban J connectivity index is 1.56. The number of thioether (sulfide) groups is 1. The van der Waals surface area contributed by atoms with Gasteiger partial charge in [0.25, 0.3) is 0 Å². The Morgan fingerprint density at radius 2 is 2.11 bits per heavy atom. The second kappa shape index (κ2) is 8.35. The third kappa shape index (κ3) is 4.16. The van der Waals surface area contributed by atoms with E-state index in [9.17, 15) is 0 Å². The minimum absolute atomic E-state index is 0.111. The van der Waals surface area contributed by atoms with E-state index in [0.29, 0.717) is 28.9 Å². The third-order valence-corrected chi connectivity index (χ3v) is 6.26. The van der Waals surface area contributed by atoms with Gasteiger partial charge in [0.2, 0.25) is 5.79 Å². The first kappa shape index (κ1) is 19.6. The van der Waals surface area contributed by atoms with Crippen molar-refractivity contribution in [3.8, 4) is 0 Å². The number of benzene rings is 2. The van der Waals surface area contributed by atoms with E-state index in [2.05, 4.69) is 4.98 Å². The van der Waals surface area contributed by atoms with Gasteiger partial charge in [-0.05, 0) is 24.3 Å². The number of ether oxygens (including phenoxy) is 2. The summed E-state index contributed by atoms with van der Waals surface area (Å²) in [5.41, 5.74) is 7.55. The van der Waals surface area contributed by atoms with Crippen molar-refractivity contribution in [1.29, 1.82) is 0 Å². The van der Waals surface area contributed by atoms with Crippen LogP contribution in [0, 0.1) is 0 Å². The van der Waals surface area contributed by atoms with Crippen molar-refractivity contribution in [2.75, 3.05) is 18.1 Å². The first-order valence-corrected chi connectivity index (χ1v) is 10.5. The molecule has 2 N–H and O–H groups in total. The van der Waals surface area contributed by atoms with Crippen molar-refractivity contribution >= 4 is 40.7 Å². The van der Waals surface area contributed by atoms with Crippen molar-refractivity contribution in [3.63, 3.8) is 0 Å². The zero-order valence-corrected chi connectivity index (χ0v) is 17.3. The van der Waals surface area contributed by atoms with Crippen molar-refractivity contribution in [2.24, 2.45) is 0 Å². The van der Waals surface area contributed by atoms with Gasteiger partial charge in [0.1, 0.15) is 0 Å². The van der Waals surface area contributed by atoms with Crippen LogP contribution in [0.15, 0.2) is 66.1 Å². The summed E-state index contributed by atoms with van der Waals surface area (Å²) in [4.78, 5) is 5.14. The summed E-state index contributed by atoms with van der Waals surface area (Å²) in [6.07, 6.45) is 5.20. The van der Waals surface area contributed by atoms with Crippen LogP contribution in [-0.2, 0) is 21.8 Å². The van der Waals surface area contributed by atoms with Crippen LogP contribution in [0.2, 0.25) is 10.0 Å². The molecule has 0 aliphatic carbocycles. The van der Waals surface area contributed by atoms with Gasteiger partial charge < -0.3 is 19.8 Å². The molecule has 1 aliphatic heterocycles. The summed E-state index contributed by atoms with van der Waals surface area (Å²) < 4.78 is 14.6. The number of hydrogen-bond donors (Lipinski definition) is 1. The smallest absolute Gasteiger partial charge is 0.215 e. The second-order valence-corrected chi connectivity index (χ2v) is 8.42. The average molecular weight is 436 g/mol. The normalized spacial score (nSPS) is 21.9. The van der Waals surface area contributed by atoms with E-state index in [1.165, 1.54) is 0 Å². The second-order valence-electron chi connectivity index (χ2n) is 6.51. The first-order valence-electron chi connectivity index (χ1n) is 8.76. The highest BCUT2D eigenvalue weighted by Crippen LogP contribution is 2.41. The van der Waals surface area contributed by atoms with Gasteiger partial charge in [0.05, 0.1) is 30.6 Å². The lowest BCUT2D eigenvalue weighted by atomic mass is 10.1. The summed E-state index contributed by atoms with van der Waals surface area (Å²) >= 11 is 14.2. The standard InChI is InChI=1S/C20H19Cl2N3O2S/c21-14-5-6-16(17(22)9-14)20(12-25-8-7-24-13-25)26-10-15(27-20)11-28-19-4-2-1-3-18(19)23/h1-9,13,15H,10-12,23H2. The molecule has 1 aromatic heterocycles. The minimum Gasteiger partial charge on any atom is -0.398 e. The number of halogens is 2. The maximum Gasteiger partial charge on any atom is 0.215 e. The monoisotopic (exact) mass is 435 g/mol. The van der Waals surface area contributed by atoms with Gasteiger partial charge in [-0.2, -0.15) is 0 Å².